The Morgan fingerprint density at radius 2 is 1.64 bits per heavy atom. The quantitative estimate of drug-likeness (QED) is 0.270. The zero-order valence-corrected chi connectivity index (χ0v) is 27.0. The van der Waals surface area contributed by atoms with Crippen LogP contribution in [0.2, 0.25) is 10.0 Å². The van der Waals surface area contributed by atoms with E-state index >= 15 is 0 Å². The van der Waals surface area contributed by atoms with Gasteiger partial charge in [0.25, 0.3) is 10.0 Å². The van der Waals surface area contributed by atoms with Gasteiger partial charge in [0.15, 0.2) is 0 Å². The number of methoxy groups -OCH3 is 1. The smallest absolute Gasteiger partial charge is 0.264 e. The van der Waals surface area contributed by atoms with Gasteiger partial charge in [-0.1, -0.05) is 60.0 Å². The lowest BCUT2D eigenvalue weighted by atomic mass is 10.1. The summed E-state index contributed by atoms with van der Waals surface area (Å²) in [6, 6.07) is 16.9. The van der Waals surface area contributed by atoms with Gasteiger partial charge in [0.2, 0.25) is 11.8 Å². The van der Waals surface area contributed by atoms with Gasteiger partial charge in [0.1, 0.15) is 18.3 Å². The molecule has 3 aromatic carbocycles. The number of aryl methyl sites for hydroxylation is 1. The van der Waals surface area contributed by atoms with Crippen LogP contribution < -0.4 is 14.4 Å². The number of rotatable bonds is 11. The van der Waals surface area contributed by atoms with Crippen molar-refractivity contribution < 1.29 is 22.7 Å². The summed E-state index contributed by atoms with van der Waals surface area (Å²) in [4.78, 5) is 29.0. The highest BCUT2D eigenvalue weighted by molar-refractivity contribution is 7.92. The van der Waals surface area contributed by atoms with Gasteiger partial charge >= 0.3 is 0 Å². The molecule has 226 valence electrons. The molecule has 11 heteroatoms. The van der Waals surface area contributed by atoms with Crippen LogP contribution in [-0.4, -0.2) is 50.4 Å². The maximum atomic E-state index is 14.2. The molecule has 0 aliphatic rings. The number of nitrogens with zero attached hydrogens (tertiary/aromatic N) is 2. The van der Waals surface area contributed by atoms with E-state index < -0.39 is 34.1 Å². The molecule has 0 heterocycles. The van der Waals surface area contributed by atoms with Crippen LogP contribution >= 0.6 is 23.2 Å². The number of sulfonamides is 1. The van der Waals surface area contributed by atoms with Gasteiger partial charge in [-0.3, -0.25) is 13.9 Å². The van der Waals surface area contributed by atoms with Crippen molar-refractivity contribution in [1.29, 1.82) is 0 Å². The maximum Gasteiger partial charge on any atom is 0.264 e. The summed E-state index contributed by atoms with van der Waals surface area (Å²) in [7, 11) is -2.73. The van der Waals surface area contributed by atoms with Crippen molar-refractivity contribution in [3.63, 3.8) is 0 Å². The Labute approximate surface area is 258 Å². The molecule has 0 aliphatic heterocycles. The molecule has 0 aromatic heterocycles. The number of carbonyl (C=O) groups is 2. The fourth-order valence-corrected chi connectivity index (χ4v) is 6.07. The van der Waals surface area contributed by atoms with Crippen molar-refractivity contribution in [2.45, 2.75) is 64.1 Å². The minimum absolute atomic E-state index is 0.00230. The maximum absolute atomic E-state index is 14.2. The molecule has 3 aromatic rings. The summed E-state index contributed by atoms with van der Waals surface area (Å²) in [5.41, 5.74) is 1.21. The fraction of sp³-hybridized carbons (Fsp3) is 0.355. The topological polar surface area (TPSA) is 96.0 Å². The highest BCUT2D eigenvalue weighted by Crippen LogP contribution is 2.29. The minimum atomic E-state index is -4.20. The van der Waals surface area contributed by atoms with Gasteiger partial charge in [-0.05, 0) is 76.1 Å². The van der Waals surface area contributed by atoms with E-state index in [1.54, 1.807) is 61.5 Å². The van der Waals surface area contributed by atoms with Gasteiger partial charge in [-0.15, -0.1) is 0 Å². The molecule has 0 saturated heterocycles. The molecule has 3 rings (SSSR count). The Kier molecular flexibility index (Phi) is 10.9. The number of halogens is 2. The Morgan fingerprint density at radius 3 is 2.21 bits per heavy atom. The van der Waals surface area contributed by atoms with Crippen molar-refractivity contribution >= 4 is 50.7 Å². The van der Waals surface area contributed by atoms with Crippen molar-refractivity contribution in [1.82, 2.24) is 10.2 Å². The number of carbonyl (C=O) groups excluding carboxylic acids is 2. The van der Waals surface area contributed by atoms with Gasteiger partial charge in [0.05, 0.1) is 27.7 Å². The number of amides is 2. The normalized spacial score (nSPS) is 12.4. The Bertz CT molecular complexity index is 1520. The monoisotopic (exact) mass is 633 g/mol. The Balaban J connectivity index is 2.11. The van der Waals surface area contributed by atoms with Crippen LogP contribution in [0.5, 0.6) is 5.75 Å². The molecular formula is C31H37Cl2N3O5S. The SMILES string of the molecule is CC[C@H](C(=O)NC(C)(C)C)N(Cc1ccc(Cl)c(Cl)c1)C(=O)CN(c1cccc(OC)c1)S(=O)(=O)c1ccc(C)cc1. The molecule has 0 aliphatic carbocycles. The third kappa shape index (κ3) is 8.40. The van der Waals surface area contributed by atoms with E-state index in [1.807, 2.05) is 27.7 Å². The molecule has 0 fully saturated rings. The lowest BCUT2D eigenvalue weighted by Crippen LogP contribution is -2.55. The third-order valence-electron chi connectivity index (χ3n) is 6.45. The van der Waals surface area contributed by atoms with Crippen molar-refractivity contribution in [3.05, 3.63) is 87.9 Å². The molecule has 0 unspecified atom stereocenters. The van der Waals surface area contributed by atoms with E-state index in [4.69, 9.17) is 27.9 Å². The zero-order chi connectivity index (χ0) is 31.2. The standard InChI is InChI=1S/C31H37Cl2N3O5S/c1-7-28(30(38)34-31(3,4)5)35(19-22-13-16-26(32)27(33)17-22)29(37)20-36(23-9-8-10-24(18-23)41-6)42(39,40)25-14-11-21(2)12-15-25/h8-18,28H,7,19-20H2,1-6H3,(H,34,38)/t28-/m1/s1. The largest absolute Gasteiger partial charge is 0.497 e. The highest BCUT2D eigenvalue weighted by atomic mass is 35.5. The summed E-state index contributed by atoms with van der Waals surface area (Å²) in [6.07, 6.45) is 0.291. The molecule has 8 nitrogen and oxygen atoms in total. The number of hydrogen-bond acceptors (Lipinski definition) is 5. The van der Waals surface area contributed by atoms with Crippen LogP contribution in [0.4, 0.5) is 5.69 Å². The van der Waals surface area contributed by atoms with Crippen LogP contribution in [0.1, 0.15) is 45.2 Å². The van der Waals surface area contributed by atoms with E-state index in [2.05, 4.69) is 5.32 Å². The van der Waals surface area contributed by atoms with Gasteiger partial charge < -0.3 is 15.0 Å². The lowest BCUT2D eigenvalue weighted by Gasteiger charge is -2.35. The van der Waals surface area contributed by atoms with E-state index in [-0.39, 0.29) is 23.0 Å². The number of nitrogens with one attached hydrogen (secondary N) is 1. The Hall–Kier alpha value is -3.27. The molecule has 0 radical (unpaired) electrons. The zero-order valence-electron chi connectivity index (χ0n) is 24.6. The van der Waals surface area contributed by atoms with E-state index in [9.17, 15) is 18.0 Å². The second-order valence-electron chi connectivity index (χ2n) is 11.0. The molecular weight excluding hydrogens is 597 g/mol. The van der Waals surface area contributed by atoms with Crippen molar-refractivity contribution in [3.8, 4) is 5.75 Å². The lowest BCUT2D eigenvalue weighted by molar-refractivity contribution is -0.141. The van der Waals surface area contributed by atoms with Crippen LogP contribution in [0, 0.1) is 6.92 Å². The molecule has 0 bridgehead atoms. The molecule has 1 atom stereocenters. The van der Waals surface area contributed by atoms with E-state index in [0.29, 0.717) is 27.8 Å². The number of benzene rings is 3. The summed E-state index contributed by atoms with van der Waals surface area (Å²) in [5.74, 6) is -0.504. The molecule has 1 N–H and O–H groups in total. The summed E-state index contributed by atoms with van der Waals surface area (Å²) >= 11 is 12.4. The molecule has 0 spiro atoms. The minimum Gasteiger partial charge on any atom is -0.497 e. The average molecular weight is 635 g/mol. The first-order valence-corrected chi connectivity index (χ1v) is 15.6. The molecule has 2 amide bonds. The van der Waals surface area contributed by atoms with E-state index in [0.717, 1.165) is 9.87 Å². The third-order valence-corrected chi connectivity index (χ3v) is 8.98. The molecule has 42 heavy (non-hydrogen) atoms. The Morgan fingerprint density at radius 1 is 0.976 bits per heavy atom. The first-order valence-electron chi connectivity index (χ1n) is 13.4. The highest BCUT2D eigenvalue weighted by Gasteiger charge is 2.34. The van der Waals surface area contributed by atoms with Crippen molar-refractivity contribution in [2.24, 2.45) is 0 Å². The second kappa shape index (κ2) is 13.8. The van der Waals surface area contributed by atoms with Gasteiger partial charge in [-0.2, -0.15) is 0 Å². The average Bonchev–Trinajstić information content (AvgIpc) is 2.92. The number of ether oxygens (including phenoxy) is 1. The number of anilines is 1. The fourth-order valence-electron chi connectivity index (χ4n) is 4.34. The van der Waals surface area contributed by atoms with Gasteiger partial charge in [0, 0.05) is 18.2 Å². The first-order chi connectivity index (χ1) is 19.7. The predicted molar refractivity (Wildman–Crippen MR) is 168 cm³/mol. The van der Waals surface area contributed by atoms with E-state index in [1.165, 1.54) is 24.1 Å². The number of hydrogen-bond donors (Lipinski definition) is 1. The summed E-state index contributed by atoms with van der Waals surface area (Å²) in [5, 5.41) is 3.60. The van der Waals surface area contributed by atoms with Crippen LogP contribution in [0.3, 0.4) is 0 Å². The van der Waals surface area contributed by atoms with Crippen LogP contribution in [-0.2, 0) is 26.2 Å². The van der Waals surface area contributed by atoms with Crippen LogP contribution in [0.15, 0.2) is 71.6 Å². The van der Waals surface area contributed by atoms with Crippen molar-refractivity contribution in [2.75, 3.05) is 18.0 Å². The summed E-state index contributed by atoms with van der Waals surface area (Å²) < 4.78 is 34.4. The van der Waals surface area contributed by atoms with Gasteiger partial charge in [-0.25, -0.2) is 8.42 Å². The first kappa shape index (κ1) is 33.2. The predicted octanol–water partition coefficient (Wildman–Crippen LogP) is 6.23. The van der Waals surface area contributed by atoms with Crippen LogP contribution in [0.25, 0.3) is 0 Å². The second-order valence-corrected chi connectivity index (χ2v) is 13.6. The summed E-state index contributed by atoms with van der Waals surface area (Å²) in [6.45, 7) is 8.63. The molecule has 0 saturated carbocycles.